The standard InChI is InChI=1S/C15H22O2/c1-3-4-5-6-7-8-9-10-11-12-13-14-15(16)17-2/h3-9,14H2,1-2H3. The van der Waals surface area contributed by atoms with Gasteiger partial charge >= 0.3 is 5.97 Å². The van der Waals surface area contributed by atoms with Crippen molar-refractivity contribution in [3.63, 3.8) is 0 Å². The predicted molar refractivity (Wildman–Crippen MR) is 70.2 cm³/mol. The Kier molecular flexibility index (Phi) is 11.6. The smallest absolute Gasteiger partial charge is 0.317 e. The zero-order valence-corrected chi connectivity index (χ0v) is 11.0. The molecule has 0 unspecified atom stereocenters. The lowest BCUT2D eigenvalue weighted by atomic mass is 10.1. The average molecular weight is 234 g/mol. The molecule has 0 N–H and O–H groups in total. The van der Waals surface area contributed by atoms with Crippen molar-refractivity contribution in [1.82, 2.24) is 0 Å². The van der Waals surface area contributed by atoms with Gasteiger partial charge in [0, 0.05) is 6.42 Å². The third kappa shape index (κ3) is 12.5. The van der Waals surface area contributed by atoms with Gasteiger partial charge < -0.3 is 4.74 Å². The Morgan fingerprint density at radius 2 is 1.65 bits per heavy atom. The third-order valence-corrected chi connectivity index (χ3v) is 2.36. The van der Waals surface area contributed by atoms with Crippen LogP contribution in [0.15, 0.2) is 0 Å². The molecule has 94 valence electrons. The van der Waals surface area contributed by atoms with E-state index in [1.54, 1.807) is 0 Å². The molecule has 0 atom stereocenters. The normalized spacial score (nSPS) is 8.59. The highest BCUT2D eigenvalue weighted by Gasteiger charge is 1.92. The van der Waals surface area contributed by atoms with Gasteiger partial charge in [-0.15, -0.1) is 0 Å². The molecule has 0 saturated heterocycles. The summed E-state index contributed by atoms with van der Waals surface area (Å²) in [6.07, 6.45) is 8.70. The van der Waals surface area contributed by atoms with E-state index < -0.39 is 0 Å². The van der Waals surface area contributed by atoms with Gasteiger partial charge in [-0.05, 0) is 18.3 Å². The number of carbonyl (C=O) groups is 1. The van der Waals surface area contributed by atoms with Crippen molar-refractivity contribution in [2.24, 2.45) is 0 Å². The van der Waals surface area contributed by atoms with Crippen LogP contribution in [0.5, 0.6) is 0 Å². The van der Waals surface area contributed by atoms with E-state index in [1.165, 1.54) is 39.2 Å². The molecule has 0 aliphatic heterocycles. The Balaban J connectivity index is 3.39. The quantitative estimate of drug-likeness (QED) is 0.384. The summed E-state index contributed by atoms with van der Waals surface area (Å²) in [6, 6.07) is 0. The summed E-state index contributed by atoms with van der Waals surface area (Å²) in [5, 5.41) is 0. The summed E-state index contributed by atoms with van der Waals surface area (Å²) in [5.74, 6) is 10.7. The van der Waals surface area contributed by atoms with Gasteiger partial charge in [-0.3, -0.25) is 4.79 Å². The minimum atomic E-state index is -0.310. The zero-order valence-electron chi connectivity index (χ0n) is 11.0. The monoisotopic (exact) mass is 234 g/mol. The number of hydrogen-bond donors (Lipinski definition) is 0. The minimum Gasteiger partial charge on any atom is -0.468 e. The lowest BCUT2D eigenvalue weighted by Gasteiger charge is -1.96. The summed E-state index contributed by atoms with van der Waals surface area (Å²) in [4.78, 5) is 10.7. The van der Waals surface area contributed by atoms with E-state index in [-0.39, 0.29) is 12.4 Å². The average Bonchev–Trinajstić information content (AvgIpc) is 2.35. The Hall–Kier alpha value is -1.41. The van der Waals surface area contributed by atoms with E-state index in [4.69, 9.17) is 0 Å². The fraction of sp³-hybridized carbons (Fsp3) is 0.667. The van der Waals surface area contributed by atoms with Crippen LogP contribution in [-0.4, -0.2) is 13.1 Å². The first-order valence-corrected chi connectivity index (χ1v) is 6.33. The Bertz CT molecular complexity index is 309. The predicted octanol–water partition coefficient (Wildman–Crippen LogP) is 3.31. The molecule has 0 heterocycles. The second-order valence-electron chi connectivity index (χ2n) is 3.87. The second-order valence-corrected chi connectivity index (χ2v) is 3.87. The van der Waals surface area contributed by atoms with E-state index in [9.17, 15) is 4.79 Å². The van der Waals surface area contributed by atoms with Crippen molar-refractivity contribution >= 4 is 5.97 Å². The van der Waals surface area contributed by atoms with Gasteiger partial charge in [-0.1, -0.05) is 50.9 Å². The van der Waals surface area contributed by atoms with Crippen LogP contribution in [-0.2, 0) is 9.53 Å². The number of rotatable bonds is 7. The van der Waals surface area contributed by atoms with E-state index in [1.807, 2.05) is 0 Å². The largest absolute Gasteiger partial charge is 0.468 e. The first-order chi connectivity index (χ1) is 8.31. The highest BCUT2D eigenvalue weighted by molar-refractivity contribution is 5.72. The van der Waals surface area contributed by atoms with Gasteiger partial charge in [-0.25, -0.2) is 0 Å². The highest BCUT2D eigenvalue weighted by atomic mass is 16.5. The molecular weight excluding hydrogens is 212 g/mol. The summed E-state index contributed by atoms with van der Waals surface area (Å²) < 4.78 is 4.45. The van der Waals surface area contributed by atoms with Crippen molar-refractivity contribution in [3.8, 4) is 23.7 Å². The fourth-order valence-electron chi connectivity index (χ4n) is 1.33. The van der Waals surface area contributed by atoms with Crippen LogP contribution in [0.2, 0.25) is 0 Å². The SMILES string of the molecule is CCCCCCCCC#CC#CCC(=O)OC. The molecule has 0 aliphatic rings. The van der Waals surface area contributed by atoms with Crippen LogP contribution in [0.1, 0.15) is 58.3 Å². The second kappa shape index (κ2) is 12.7. The first kappa shape index (κ1) is 15.6. The maximum absolute atomic E-state index is 10.7. The van der Waals surface area contributed by atoms with Crippen LogP contribution in [0.4, 0.5) is 0 Å². The molecule has 17 heavy (non-hydrogen) atoms. The van der Waals surface area contributed by atoms with Crippen LogP contribution < -0.4 is 0 Å². The van der Waals surface area contributed by atoms with Crippen molar-refractivity contribution in [1.29, 1.82) is 0 Å². The van der Waals surface area contributed by atoms with Crippen molar-refractivity contribution in [3.05, 3.63) is 0 Å². The van der Waals surface area contributed by atoms with E-state index in [0.717, 1.165) is 12.8 Å². The maximum atomic E-state index is 10.7. The molecular formula is C15H22O2. The van der Waals surface area contributed by atoms with Crippen molar-refractivity contribution in [2.75, 3.05) is 7.11 Å². The van der Waals surface area contributed by atoms with E-state index in [2.05, 4.69) is 35.3 Å². The molecule has 2 heteroatoms. The van der Waals surface area contributed by atoms with Gasteiger partial charge in [0.1, 0.15) is 6.42 Å². The number of hydrogen-bond acceptors (Lipinski definition) is 2. The number of unbranched alkanes of at least 4 members (excludes halogenated alkanes) is 6. The summed E-state index contributed by atoms with van der Waals surface area (Å²) in [5.41, 5.74) is 0. The number of esters is 1. The summed E-state index contributed by atoms with van der Waals surface area (Å²) >= 11 is 0. The van der Waals surface area contributed by atoms with Gasteiger partial charge in [0.25, 0.3) is 0 Å². The molecule has 0 aromatic rings. The summed E-state index contributed by atoms with van der Waals surface area (Å²) in [7, 11) is 1.36. The minimum absolute atomic E-state index is 0.127. The lowest BCUT2D eigenvalue weighted by molar-refractivity contribution is -0.139. The Morgan fingerprint density at radius 3 is 2.35 bits per heavy atom. The van der Waals surface area contributed by atoms with E-state index >= 15 is 0 Å². The summed E-state index contributed by atoms with van der Waals surface area (Å²) in [6.45, 7) is 2.22. The number of methoxy groups -OCH3 is 1. The van der Waals surface area contributed by atoms with Gasteiger partial charge in [0.05, 0.1) is 7.11 Å². The molecule has 0 aromatic carbocycles. The zero-order chi connectivity index (χ0) is 12.8. The number of ether oxygens (including phenoxy) is 1. The van der Waals surface area contributed by atoms with Gasteiger partial charge in [0.2, 0.25) is 0 Å². The topological polar surface area (TPSA) is 26.3 Å². The number of carbonyl (C=O) groups excluding carboxylic acids is 1. The first-order valence-electron chi connectivity index (χ1n) is 6.33. The molecule has 0 amide bonds. The molecule has 0 aromatic heterocycles. The van der Waals surface area contributed by atoms with Gasteiger partial charge in [0.15, 0.2) is 0 Å². The van der Waals surface area contributed by atoms with Crippen molar-refractivity contribution in [2.45, 2.75) is 58.3 Å². The fourth-order valence-corrected chi connectivity index (χ4v) is 1.33. The molecule has 0 rings (SSSR count). The molecule has 0 saturated carbocycles. The molecule has 0 bridgehead atoms. The molecule has 0 radical (unpaired) electrons. The molecule has 0 fully saturated rings. The van der Waals surface area contributed by atoms with Crippen LogP contribution in [0.3, 0.4) is 0 Å². The third-order valence-electron chi connectivity index (χ3n) is 2.36. The molecule has 2 nitrogen and oxygen atoms in total. The van der Waals surface area contributed by atoms with Crippen LogP contribution in [0, 0.1) is 23.7 Å². The lowest BCUT2D eigenvalue weighted by Crippen LogP contribution is -1.96. The van der Waals surface area contributed by atoms with Crippen LogP contribution in [0.25, 0.3) is 0 Å². The maximum Gasteiger partial charge on any atom is 0.317 e. The van der Waals surface area contributed by atoms with Crippen LogP contribution >= 0.6 is 0 Å². The van der Waals surface area contributed by atoms with E-state index in [0.29, 0.717) is 0 Å². The van der Waals surface area contributed by atoms with Gasteiger partial charge in [-0.2, -0.15) is 0 Å². The van der Waals surface area contributed by atoms with Crippen molar-refractivity contribution < 1.29 is 9.53 Å². The Morgan fingerprint density at radius 1 is 1.00 bits per heavy atom. The Labute approximate surface area is 105 Å². The highest BCUT2D eigenvalue weighted by Crippen LogP contribution is 2.05. The molecule has 0 aliphatic carbocycles. The molecule has 0 spiro atoms.